The highest BCUT2D eigenvalue weighted by atomic mass is 32.2. The molecule has 2 fully saturated rings. The second-order valence-electron chi connectivity index (χ2n) is 4.93. The Morgan fingerprint density at radius 2 is 2.13 bits per heavy atom. The fourth-order valence-corrected chi connectivity index (χ4v) is 3.09. The van der Waals surface area contributed by atoms with Crippen molar-refractivity contribution in [1.82, 2.24) is 10.2 Å². The van der Waals surface area contributed by atoms with Crippen molar-refractivity contribution >= 4 is 11.8 Å². The summed E-state index contributed by atoms with van der Waals surface area (Å²) in [6.45, 7) is 7.21. The van der Waals surface area contributed by atoms with Gasteiger partial charge in [0.25, 0.3) is 0 Å². The van der Waals surface area contributed by atoms with Crippen LogP contribution in [0.5, 0.6) is 0 Å². The number of hydrogen-bond donors (Lipinski definition) is 1. The lowest BCUT2D eigenvalue weighted by molar-refractivity contribution is 0.272. The molecule has 0 bridgehead atoms. The molecule has 1 saturated heterocycles. The Bertz CT molecular complexity index is 194. The molecule has 1 aliphatic carbocycles. The zero-order chi connectivity index (χ0) is 10.7. The highest BCUT2D eigenvalue weighted by molar-refractivity contribution is 7.99. The van der Waals surface area contributed by atoms with E-state index in [1.165, 1.54) is 43.9 Å². The van der Waals surface area contributed by atoms with E-state index >= 15 is 0 Å². The molecular weight excluding hydrogens is 204 g/mol. The van der Waals surface area contributed by atoms with Crippen LogP contribution in [0, 0.1) is 0 Å². The molecule has 0 amide bonds. The standard InChI is InChI=1S/C12H24N2S/c1-3-15-9-10(2)14-7-6-12(8-14)13-11-4-5-11/h10-13H,3-9H2,1-2H3. The molecule has 0 aromatic rings. The average molecular weight is 228 g/mol. The van der Waals surface area contributed by atoms with Crippen molar-refractivity contribution in [3.8, 4) is 0 Å². The second kappa shape index (κ2) is 5.55. The second-order valence-corrected chi connectivity index (χ2v) is 6.25. The predicted octanol–water partition coefficient (Wildman–Crippen LogP) is 1.95. The summed E-state index contributed by atoms with van der Waals surface area (Å²) >= 11 is 2.07. The summed E-state index contributed by atoms with van der Waals surface area (Å²) in [4.78, 5) is 2.66. The van der Waals surface area contributed by atoms with E-state index in [1.54, 1.807) is 0 Å². The number of hydrogen-bond acceptors (Lipinski definition) is 3. The van der Waals surface area contributed by atoms with Crippen LogP contribution in [-0.2, 0) is 0 Å². The molecule has 0 aromatic heterocycles. The minimum Gasteiger partial charge on any atom is -0.310 e. The van der Waals surface area contributed by atoms with E-state index in [1.807, 2.05) is 0 Å². The summed E-state index contributed by atoms with van der Waals surface area (Å²) in [5.41, 5.74) is 0. The van der Waals surface area contributed by atoms with Gasteiger partial charge in [-0.2, -0.15) is 11.8 Å². The Morgan fingerprint density at radius 1 is 1.33 bits per heavy atom. The van der Waals surface area contributed by atoms with Gasteiger partial charge in [0, 0.05) is 37.0 Å². The van der Waals surface area contributed by atoms with E-state index in [0.29, 0.717) is 0 Å². The van der Waals surface area contributed by atoms with Gasteiger partial charge in [0.2, 0.25) is 0 Å². The van der Waals surface area contributed by atoms with Gasteiger partial charge in [-0.15, -0.1) is 0 Å². The zero-order valence-corrected chi connectivity index (χ0v) is 10.9. The van der Waals surface area contributed by atoms with Gasteiger partial charge in [-0.1, -0.05) is 6.92 Å². The summed E-state index contributed by atoms with van der Waals surface area (Å²) in [5.74, 6) is 2.55. The topological polar surface area (TPSA) is 15.3 Å². The van der Waals surface area contributed by atoms with Gasteiger partial charge in [-0.3, -0.25) is 4.90 Å². The molecule has 2 unspecified atom stereocenters. The number of rotatable bonds is 6. The molecule has 2 aliphatic rings. The third kappa shape index (κ3) is 3.65. The van der Waals surface area contributed by atoms with Crippen LogP contribution in [0.4, 0.5) is 0 Å². The molecule has 0 aromatic carbocycles. The van der Waals surface area contributed by atoms with E-state index in [2.05, 4.69) is 35.8 Å². The van der Waals surface area contributed by atoms with E-state index in [-0.39, 0.29) is 0 Å². The van der Waals surface area contributed by atoms with Crippen molar-refractivity contribution in [3.63, 3.8) is 0 Å². The van der Waals surface area contributed by atoms with Crippen LogP contribution in [0.3, 0.4) is 0 Å². The molecule has 15 heavy (non-hydrogen) atoms. The summed E-state index contributed by atoms with van der Waals surface area (Å²) in [5, 5.41) is 3.75. The average Bonchev–Trinajstić information content (AvgIpc) is 2.91. The molecule has 2 rings (SSSR count). The SMILES string of the molecule is CCSCC(C)N1CCC(NC2CC2)C1. The summed E-state index contributed by atoms with van der Waals surface area (Å²) in [6.07, 6.45) is 4.19. The first-order chi connectivity index (χ1) is 7.29. The van der Waals surface area contributed by atoms with Crippen molar-refractivity contribution in [2.24, 2.45) is 0 Å². The normalized spacial score (nSPS) is 29.6. The molecule has 1 N–H and O–H groups in total. The third-order valence-electron chi connectivity index (χ3n) is 3.45. The van der Waals surface area contributed by atoms with Crippen LogP contribution in [0.25, 0.3) is 0 Å². The largest absolute Gasteiger partial charge is 0.310 e. The van der Waals surface area contributed by atoms with Crippen LogP contribution in [-0.4, -0.2) is 47.6 Å². The highest BCUT2D eigenvalue weighted by Gasteiger charge is 2.30. The number of nitrogens with one attached hydrogen (secondary N) is 1. The number of nitrogens with zero attached hydrogens (tertiary/aromatic N) is 1. The Balaban J connectivity index is 1.66. The molecule has 1 saturated carbocycles. The van der Waals surface area contributed by atoms with Crippen molar-refractivity contribution in [3.05, 3.63) is 0 Å². The van der Waals surface area contributed by atoms with Crippen molar-refractivity contribution < 1.29 is 0 Å². The Kier molecular flexibility index (Phi) is 4.35. The molecule has 0 spiro atoms. The maximum atomic E-state index is 3.75. The van der Waals surface area contributed by atoms with Gasteiger partial charge in [-0.05, 0) is 31.9 Å². The molecule has 2 atom stereocenters. The van der Waals surface area contributed by atoms with E-state index in [9.17, 15) is 0 Å². The minimum absolute atomic E-state index is 0.765. The van der Waals surface area contributed by atoms with Gasteiger partial charge >= 0.3 is 0 Å². The van der Waals surface area contributed by atoms with Gasteiger partial charge in [0.05, 0.1) is 0 Å². The first-order valence-electron chi connectivity index (χ1n) is 6.37. The first-order valence-corrected chi connectivity index (χ1v) is 7.53. The van der Waals surface area contributed by atoms with Crippen molar-refractivity contribution in [2.75, 3.05) is 24.6 Å². The number of thioether (sulfide) groups is 1. The van der Waals surface area contributed by atoms with Gasteiger partial charge in [0.1, 0.15) is 0 Å². The monoisotopic (exact) mass is 228 g/mol. The van der Waals surface area contributed by atoms with E-state index < -0.39 is 0 Å². The minimum atomic E-state index is 0.765. The molecule has 1 aliphatic heterocycles. The van der Waals surface area contributed by atoms with Gasteiger partial charge in [0.15, 0.2) is 0 Å². The van der Waals surface area contributed by atoms with Crippen LogP contribution in [0.15, 0.2) is 0 Å². The highest BCUT2D eigenvalue weighted by Crippen LogP contribution is 2.23. The third-order valence-corrected chi connectivity index (χ3v) is 4.58. The maximum Gasteiger partial charge on any atom is 0.0209 e. The Hall–Kier alpha value is 0.270. The first kappa shape index (κ1) is 11.7. The summed E-state index contributed by atoms with van der Waals surface area (Å²) in [7, 11) is 0. The Morgan fingerprint density at radius 3 is 2.80 bits per heavy atom. The van der Waals surface area contributed by atoms with Gasteiger partial charge < -0.3 is 5.32 Å². The smallest absolute Gasteiger partial charge is 0.0209 e. The van der Waals surface area contributed by atoms with Crippen LogP contribution in [0.1, 0.15) is 33.1 Å². The molecule has 1 heterocycles. The van der Waals surface area contributed by atoms with Crippen molar-refractivity contribution in [1.29, 1.82) is 0 Å². The van der Waals surface area contributed by atoms with Crippen LogP contribution < -0.4 is 5.32 Å². The van der Waals surface area contributed by atoms with Crippen molar-refractivity contribution in [2.45, 2.75) is 51.2 Å². The van der Waals surface area contributed by atoms with E-state index in [4.69, 9.17) is 0 Å². The lowest BCUT2D eigenvalue weighted by Crippen LogP contribution is -2.38. The zero-order valence-electron chi connectivity index (χ0n) is 10.0. The summed E-state index contributed by atoms with van der Waals surface area (Å²) in [6, 6.07) is 2.42. The fourth-order valence-electron chi connectivity index (χ4n) is 2.30. The fraction of sp³-hybridized carbons (Fsp3) is 1.00. The van der Waals surface area contributed by atoms with Crippen LogP contribution >= 0.6 is 11.8 Å². The van der Waals surface area contributed by atoms with Crippen LogP contribution in [0.2, 0.25) is 0 Å². The molecule has 88 valence electrons. The molecular formula is C12H24N2S. The molecule has 0 radical (unpaired) electrons. The quantitative estimate of drug-likeness (QED) is 0.748. The predicted molar refractivity (Wildman–Crippen MR) is 68.6 cm³/mol. The van der Waals surface area contributed by atoms with Gasteiger partial charge in [-0.25, -0.2) is 0 Å². The van der Waals surface area contributed by atoms with E-state index in [0.717, 1.165) is 18.1 Å². The molecule has 2 nitrogen and oxygen atoms in total. The lowest BCUT2D eigenvalue weighted by atomic mass is 10.2. The summed E-state index contributed by atoms with van der Waals surface area (Å²) < 4.78 is 0. The number of likely N-dealkylation sites (tertiary alicyclic amines) is 1. The lowest BCUT2D eigenvalue weighted by Gasteiger charge is -2.24. The maximum absolute atomic E-state index is 3.75. The molecule has 3 heteroatoms. The Labute approximate surface area is 98.2 Å².